The molecule has 19 heavy (non-hydrogen) atoms. The molecule has 0 saturated heterocycles. The van der Waals surface area contributed by atoms with E-state index < -0.39 is 0 Å². The quantitative estimate of drug-likeness (QED) is 0.820. The van der Waals surface area contributed by atoms with Crippen molar-refractivity contribution in [3.8, 4) is 5.75 Å². The van der Waals surface area contributed by atoms with Gasteiger partial charge >= 0.3 is 0 Å². The lowest BCUT2D eigenvalue weighted by molar-refractivity contribution is -0.114. The Morgan fingerprint density at radius 3 is 3.11 bits per heavy atom. The van der Waals surface area contributed by atoms with Gasteiger partial charge in [0.15, 0.2) is 5.75 Å². The Morgan fingerprint density at radius 2 is 2.32 bits per heavy atom. The standard InChI is InChI=1S/C14H15N3O2/c1-8(18)16-9-4-5-11-10(7-9)13(15)14-12(17-11)3-2-6-19-14/h4-5,7H,2-3,6H2,1H3,(H2,15,17)(H,16,18). The molecule has 5 nitrogen and oxygen atoms in total. The fourth-order valence-electron chi connectivity index (χ4n) is 2.35. The lowest BCUT2D eigenvalue weighted by Gasteiger charge is -2.19. The molecule has 0 radical (unpaired) electrons. The van der Waals surface area contributed by atoms with E-state index in [2.05, 4.69) is 10.3 Å². The van der Waals surface area contributed by atoms with Crippen LogP contribution in [0, 0.1) is 0 Å². The number of carbonyl (C=O) groups is 1. The van der Waals surface area contributed by atoms with Gasteiger partial charge in [-0.15, -0.1) is 0 Å². The number of carbonyl (C=O) groups excluding carboxylic acids is 1. The van der Waals surface area contributed by atoms with Gasteiger partial charge in [0, 0.05) is 18.0 Å². The third-order valence-electron chi connectivity index (χ3n) is 3.17. The molecule has 0 aliphatic carbocycles. The van der Waals surface area contributed by atoms with Crippen LogP contribution in [-0.4, -0.2) is 17.5 Å². The highest BCUT2D eigenvalue weighted by Crippen LogP contribution is 2.36. The molecule has 1 amide bonds. The smallest absolute Gasteiger partial charge is 0.221 e. The second kappa shape index (κ2) is 4.42. The third kappa shape index (κ3) is 2.07. The van der Waals surface area contributed by atoms with Crippen molar-refractivity contribution in [2.24, 2.45) is 0 Å². The van der Waals surface area contributed by atoms with Crippen LogP contribution in [0.1, 0.15) is 19.0 Å². The summed E-state index contributed by atoms with van der Waals surface area (Å²) in [6.07, 6.45) is 1.86. The number of benzene rings is 1. The van der Waals surface area contributed by atoms with Crippen LogP contribution in [-0.2, 0) is 11.2 Å². The highest BCUT2D eigenvalue weighted by atomic mass is 16.5. The van der Waals surface area contributed by atoms with Crippen molar-refractivity contribution in [3.05, 3.63) is 23.9 Å². The molecular weight excluding hydrogens is 242 g/mol. The maximum absolute atomic E-state index is 11.1. The molecule has 5 heteroatoms. The maximum Gasteiger partial charge on any atom is 0.221 e. The molecule has 0 spiro atoms. The van der Waals surface area contributed by atoms with Gasteiger partial charge in [-0.25, -0.2) is 4.98 Å². The minimum Gasteiger partial charge on any atom is -0.489 e. The molecule has 3 rings (SSSR count). The van der Waals surface area contributed by atoms with E-state index in [1.54, 1.807) is 0 Å². The van der Waals surface area contributed by atoms with E-state index in [1.165, 1.54) is 6.92 Å². The molecule has 1 aliphatic rings. The number of amides is 1. The Morgan fingerprint density at radius 1 is 1.47 bits per heavy atom. The van der Waals surface area contributed by atoms with Crippen molar-refractivity contribution in [1.82, 2.24) is 4.98 Å². The van der Waals surface area contributed by atoms with Gasteiger partial charge in [-0.3, -0.25) is 4.79 Å². The summed E-state index contributed by atoms with van der Waals surface area (Å²) in [7, 11) is 0. The second-order valence-electron chi connectivity index (χ2n) is 4.67. The molecule has 1 aromatic carbocycles. The van der Waals surface area contributed by atoms with E-state index in [0.29, 0.717) is 23.7 Å². The number of rotatable bonds is 1. The zero-order chi connectivity index (χ0) is 13.4. The lowest BCUT2D eigenvalue weighted by atomic mass is 10.1. The van der Waals surface area contributed by atoms with Crippen molar-refractivity contribution < 1.29 is 9.53 Å². The van der Waals surface area contributed by atoms with Crippen LogP contribution in [0.3, 0.4) is 0 Å². The van der Waals surface area contributed by atoms with E-state index >= 15 is 0 Å². The summed E-state index contributed by atoms with van der Waals surface area (Å²) in [6, 6.07) is 5.52. The molecular formula is C14H15N3O2. The van der Waals surface area contributed by atoms with E-state index in [9.17, 15) is 4.79 Å². The molecule has 1 aliphatic heterocycles. The number of nitrogens with zero attached hydrogens (tertiary/aromatic N) is 1. The van der Waals surface area contributed by atoms with Crippen LogP contribution < -0.4 is 15.8 Å². The Hall–Kier alpha value is -2.30. The van der Waals surface area contributed by atoms with Gasteiger partial charge in [0.25, 0.3) is 0 Å². The summed E-state index contributed by atoms with van der Waals surface area (Å²) < 4.78 is 5.61. The Bertz CT molecular complexity index is 667. The Balaban J connectivity index is 2.16. The number of nitrogen functional groups attached to an aromatic ring is 1. The molecule has 2 heterocycles. The van der Waals surface area contributed by atoms with Gasteiger partial charge in [-0.1, -0.05) is 0 Å². The summed E-state index contributed by atoms with van der Waals surface area (Å²) >= 11 is 0. The minimum absolute atomic E-state index is 0.111. The monoisotopic (exact) mass is 257 g/mol. The van der Waals surface area contributed by atoms with Gasteiger partial charge in [0.2, 0.25) is 5.91 Å². The van der Waals surface area contributed by atoms with Gasteiger partial charge < -0.3 is 15.8 Å². The van der Waals surface area contributed by atoms with Gasteiger partial charge in [0.1, 0.15) is 0 Å². The van der Waals surface area contributed by atoms with Crippen LogP contribution >= 0.6 is 0 Å². The first-order chi connectivity index (χ1) is 9.15. The normalized spacial score (nSPS) is 13.7. The molecule has 0 saturated carbocycles. The lowest BCUT2D eigenvalue weighted by Crippen LogP contribution is -2.12. The highest BCUT2D eigenvalue weighted by Gasteiger charge is 2.18. The zero-order valence-electron chi connectivity index (χ0n) is 10.7. The van der Waals surface area contributed by atoms with Gasteiger partial charge in [0.05, 0.1) is 23.5 Å². The van der Waals surface area contributed by atoms with Crippen LogP contribution in [0.2, 0.25) is 0 Å². The number of hydrogen-bond acceptors (Lipinski definition) is 4. The summed E-state index contributed by atoms with van der Waals surface area (Å²) in [5, 5.41) is 3.55. The van der Waals surface area contributed by atoms with Gasteiger partial charge in [-0.05, 0) is 31.0 Å². The average Bonchev–Trinajstić information content (AvgIpc) is 2.39. The van der Waals surface area contributed by atoms with Gasteiger partial charge in [-0.2, -0.15) is 0 Å². The zero-order valence-corrected chi connectivity index (χ0v) is 10.7. The van der Waals surface area contributed by atoms with Crippen LogP contribution in [0.25, 0.3) is 10.9 Å². The molecule has 2 aromatic rings. The van der Waals surface area contributed by atoms with E-state index in [4.69, 9.17) is 10.5 Å². The van der Waals surface area contributed by atoms with Crippen LogP contribution in [0.4, 0.5) is 11.4 Å². The van der Waals surface area contributed by atoms with E-state index in [0.717, 1.165) is 29.4 Å². The minimum atomic E-state index is -0.111. The number of pyridine rings is 1. The first kappa shape index (κ1) is 11.8. The predicted octanol–water partition coefficient (Wildman–Crippen LogP) is 2.10. The predicted molar refractivity (Wildman–Crippen MR) is 74.3 cm³/mol. The first-order valence-electron chi connectivity index (χ1n) is 6.27. The summed E-state index contributed by atoms with van der Waals surface area (Å²) in [5.74, 6) is 0.582. The SMILES string of the molecule is CC(=O)Nc1ccc2nc3c(c(N)c2c1)OCCC3. The molecule has 98 valence electrons. The molecule has 0 bridgehead atoms. The molecule has 1 aromatic heterocycles. The molecule has 0 unspecified atom stereocenters. The van der Waals surface area contributed by atoms with Crippen LogP contribution in [0.5, 0.6) is 5.75 Å². The molecule has 0 atom stereocenters. The number of aryl methyl sites for hydroxylation is 1. The topological polar surface area (TPSA) is 77.2 Å². The fourth-order valence-corrected chi connectivity index (χ4v) is 2.35. The Kier molecular flexibility index (Phi) is 2.74. The number of nitrogens with one attached hydrogen (secondary N) is 1. The van der Waals surface area contributed by atoms with E-state index in [1.807, 2.05) is 18.2 Å². The number of nitrogens with two attached hydrogens (primary N) is 1. The summed E-state index contributed by atoms with van der Waals surface area (Å²) in [4.78, 5) is 15.7. The third-order valence-corrected chi connectivity index (χ3v) is 3.17. The number of anilines is 2. The second-order valence-corrected chi connectivity index (χ2v) is 4.67. The molecule has 0 fully saturated rings. The Labute approximate surface area is 110 Å². The van der Waals surface area contributed by atoms with Crippen LogP contribution in [0.15, 0.2) is 18.2 Å². The van der Waals surface area contributed by atoms with Crippen molar-refractivity contribution in [2.45, 2.75) is 19.8 Å². The van der Waals surface area contributed by atoms with Crippen molar-refractivity contribution in [1.29, 1.82) is 0 Å². The van der Waals surface area contributed by atoms with Crippen molar-refractivity contribution >= 4 is 28.2 Å². The summed E-state index contributed by atoms with van der Waals surface area (Å²) in [6.45, 7) is 2.15. The fraction of sp³-hybridized carbons (Fsp3) is 0.286. The number of ether oxygens (including phenoxy) is 1. The van der Waals surface area contributed by atoms with E-state index in [-0.39, 0.29) is 5.91 Å². The van der Waals surface area contributed by atoms with Crippen molar-refractivity contribution in [2.75, 3.05) is 17.7 Å². The number of aromatic nitrogens is 1. The largest absolute Gasteiger partial charge is 0.489 e. The number of hydrogen-bond donors (Lipinski definition) is 2. The number of fused-ring (bicyclic) bond motifs is 2. The molecule has 3 N–H and O–H groups in total. The highest BCUT2D eigenvalue weighted by molar-refractivity contribution is 5.98. The first-order valence-corrected chi connectivity index (χ1v) is 6.27. The van der Waals surface area contributed by atoms with Crippen molar-refractivity contribution in [3.63, 3.8) is 0 Å². The maximum atomic E-state index is 11.1. The summed E-state index contributed by atoms with van der Waals surface area (Å²) in [5.41, 5.74) is 9.23. The average molecular weight is 257 g/mol.